The van der Waals surface area contributed by atoms with Gasteiger partial charge in [0.25, 0.3) is 0 Å². The Morgan fingerprint density at radius 3 is 2.90 bits per heavy atom. The molecule has 0 aliphatic rings. The molecule has 5 heteroatoms. The quantitative estimate of drug-likeness (QED) is 0.775. The molecule has 0 bridgehead atoms. The molecule has 1 N–H and O–H groups in total. The van der Waals surface area contributed by atoms with Crippen molar-refractivity contribution < 1.29 is 9.52 Å². The van der Waals surface area contributed by atoms with Crippen LogP contribution in [-0.2, 0) is 13.0 Å². The van der Waals surface area contributed by atoms with Gasteiger partial charge in [-0.1, -0.05) is 12.1 Å². The number of benzene rings is 1. The summed E-state index contributed by atoms with van der Waals surface area (Å²) in [7, 11) is 0. The van der Waals surface area contributed by atoms with Crippen LogP contribution in [0.3, 0.4) is 0 Å². The van der Waals surface area contributed by atoms with Gasteiger partial charge in [-0.2, -0.15) is 5.10 Å². The molecule has 0 aliphatic carbocycles. The molecule has 0 aliphatic heterocycles. The largest absolute Gasteiger partial charge is 0.457 e. The number of halogens is 1. The maximum Gasteiger partial charge on any atom is 0.148 e. The van der Waals surface area contributed by atoms with Crippen LogP contribution in [0.25, 0.3) is 11.0 Å². The lowest BCUT2D eigenvalue weighted by Gasteiger charge is -2.09. The summed E-state index contributed by atoms with van der Waals surface area (Å²) >= 11 is 3.46. The van der Waals surface area contributed by atoms with Crippen molar-refractivity contribution in [1.29, 1.82) is 0 Å². The van der Waals surface area contributed by atoms with Crippen molar-refractivity contribution in [2.24, 2.45) is 0 Å². The number of aliphatic hydroxyl groups is 1. The smallest absolute Gasteiger partial charge is 0.148 e. The first-order valence-corrected chi connectivity index (χ1v) is 7.77. The van der Waals surface area contributed by atoms with Crippen LogP contribution in [0.5, 0.6) is 0 Å². The topological polar surface area (TPSA) is 51.2 Å². The summed E-state index contributed by atoms with van der Waals surface area (Å²) in [6.45, 7) is 4.79. The lowest BCUT2D eigenvalue weighted by atomic mass is 10.1. The van der Waals surface area contributed by atoms with E-state index < -0.39 is 6.10 Å². The number of rotatable bonds is 4. The minimum Gasteiger partial charge on any atom is -0.457 e. The molecule has 3 rings (SSSR count). The van der Waals surface area contributed by atoms with Crippen LogP contribution in [0.1, 0.15) is 30.2 Å². The van der Waals surface area contributed by atoms with Crippen LogP contribution >= 0.6 is 15.9 Å². The molecule has 2 heterocycles. The number of furan rings is 1. The SMILES string of the molecule is CCn1nc(C)cc1CC(O)c1cc2cccc(Br)c2o1. The van der Waals surface area contributed by atoms with Gasteiger partial charge in [-0.05, 0) is 48.0 Å². The van der Waals surface area contributed by atoms with E-state index in [1.165, 1.54) is 0 Å². The molecule has 1 unspecified atom stereocenters. The van der Waals surface area contributed by atoms with E-state index in [0.717, 1.165) is 33.4 Å². The van der Waals surface area contributed by atoms with Gasteiger partial charge in [0.15, 0.2) is 0 Å². The first-order valence-electron chi connectivity index (χ1n) is 6.98. The minimum absolute atomic E-state index is 0.492. The van der Waals surface area contributed by atoms with E-state index in [-0.39, 0.29) is 0 Å². The van der Waals surface area contributed by atoms with Gasteiger partial charge in [0, 0.05) is 24.0 Å². The molecule has 1 atom stereocenters. The Morgan fingerprint density at radius 2 is 2.19 bits per heavy atom. The van der Waals surface area contributed by atoms with Gasteiger partial charge in [0.05, 0.1) is 10.2 Å². The summed E-state index contributed by atoms with van der Waals surface area (Å²) in [5.74, 6) is 0.582. The third-order valence-electron chi connectivity index (χ3n) is 3.53. The average Bonchev–Trinajstić information content (AvgIpc) is 3.03. The molecule has 0 radical (unpaired) electrons. The Morgan fingerprint density at radius 1 is 1.38 bits per heavy atom. The average molecular weight is 349 g/mol. The van der Waals surface area contributed by atoms with Gasteiger partial charge in [-0.25, -0.2) is 0 Å². The molecular formula is C16H17BrN2O2. The fourth-order valence-electron chi connectivity index (χ4n) is 2.55. The molecule has 0 spiro atoms. The van der Waals surface area contributed by atoms with Crippen molar-refractivity contribution in [1.82, 2.24) is 9.78 Å². The molecule has 110 valence electrons. The molecule has 0 amide bonds. The molecule has 0 saturated carbocycles. The van der Waals surface area contributed by atoms with E-state index in [1.54, 1.807) is 0 Å². The zero-order valence-electron chi connectivity index (χ0n) is 12.0. The maximum atomic E-state index is 10.4. The molecule has 4 nitrogen and oxygen atoms in total. The van der Waals surface area contributed by atoms with Gasteiger partial charge in [-0.3, -0.25) is 4.68 Å². The monoisotopic (exact) mass is 348 g/mol. The summed E-state index contributed by atoms with van der Waals surface area (Å²) < 4.78 is 8.60. The molecular weight excluding hydrogens is 332 g/mol. The third-order valence-corrected chi connectivity index (χ3v) is 4.16. The number of aryl methyl sites for hydroxylation is 2. The number of fused-ring (bicyclic) bond motifs is 1. The maximum absolute atomic E-state index is 10.4. The van der Waals surface area contributed by atoms with Crippen molar-refractivity contribution in [3.8, 4) is 0 Å². The second-order valence-corrected chi connectivity index (χ2v) is 5.97. The Balaban J connectivity index is 1.89. The van der Waals surface area contributed by atoms with Crippen LogP contribution < -0.4 is 0 Å². The molecule has 2 aromatic heterocycles. The zero-order chi connectivity index (χ0) is 15.0. The van der Waals surface area contributed by atoms with Gasteiger partial charge in [0.2, 0.25) is 0 Å². The number of aliphatic hydroxyl groups excluding tert-OH is 1. The Labute approximate surface area is 131 Å². The first kappa shape index (κ1) is 14.4. The molecule has 3 aromatic rings. The van der Waals surface area contributed by atoms with E-state index in [2.05, 4.69) is 21.0 Å². The fraction of sp³-hybridized carbons (Fsp3) is 0.312. The summed E-state index contributed by atoms with van der Waals surface area (Å²) in [6, 6.07) is 9.75. The summed E-state index contributed by atoms with van der Waals surface area (Å²) in [6.07, 6.45) is -0.183. The van der Waals surface area contributed by atoms with Crippen LogP contribution in [0, 0.1) is 6.92 Å². The predicted molar refractivity (Wildman–Crippen MR) is 85.2 cm³/mol. The fourth-order valence-corrected chi connectivity index (χ4v) is 3.01. The van der Waals surface area contributed by atoms with Crippen molar-refractivity contribution in [3.63, 3.8) is 0 Å². The highest BCUT2D eigenvalue weighted by Gasteiger charge is 2.17. The van der Waals surface area contributed by atoms with E-state index in [9.17, 15) is 5.11 Å². The minimum atomic E-state index is -0.675. The lowest BCUT2D eigenvalue weighted by Crippen LogP contribution is -2.07. The Hall–Kier alpha value is -1.59. The molecule has 0 fully saturated rings. The highest BCUT2D eigenvalue weighted by molar-refractivity contribution is 9.10. The van der Waals surface area contributed by atoms with Gasteiger partial charge in [-0.15, -0.1) is 0 Å². The standard InChI is InChI=1S/C16H17BrN2O2/c1-3-19-12(7-10(2)18-19)9-14(20)15-8-11-5-4-6-13(17)16(11)21-15/h4-8,14,20H,3,9H2,1-2H3. The zero-order valence-corrected chi connectivity index (χ0v) is 13.6. The van der Waals surface area contributed by atoms with E-state index in [1.807, 2.05) is 48.9 Å². The van der Waals surface area contributed by atoms with Crippen molar-refractivity contribution in [3.05, 3.63) is 52.0 Å². The van der Waals surface area contributed by atoms with Crippen LogP contribution in [-0.4, -0.2) is 14.9 Å². The number of hydrogen-bond acceptors (Lipinski definition) is 3. The molecule has 21 heavy (non-hydrogen) atoms. The van der Waals surface area contributed by atoms with Gasteiger partial charge < -0.3 is 9.52 Å². The van der Waals surface area contributed by atoms with Crippen molar-refractivity contribution in [2.75, 3.05) is 0 Å². The Kier molecular flexibility index (Phi) is 3.87. The highest BCUT2D eigenvalue weighted by atomic mass is 79.9. The first-order chi connectivity index (χ1) is 10.1. The van der Waals surface area contributed by atoms with Gasteiger partial charge >= 0.3 is 0 Å². The summed E-state index contributed by atoms with van der Waals surface area (Å²) in [4.78, 5) is 0. The normalized spacial score (nSPS) is 13.0. The predicted octanol–water partition coefficient (Wildman–Crippen LogP) is 4.00. The second-order valence-electron chi connectivity index (χ2n) is 5.12. The molecule has 0 saturated heterocycles. The number of aromatic nitrogens is 2. The molecule has 1 aromatic carbocycles. The van der Waals surface area contributed by atoms with Crippen LogP contribution in [0.4, 0.5) is 0 Å². The van der Waals surface area contributed by atoms with E-state index in [0.29, 0.717) is 12.2 Å². The van der Waals surface area contributed by atoms with Crippen molar-refractivity contribution >= 4 is 26.9 Å². The third kappa shape index (κ3) is 2.76. The lowest BCUT2D eigenvalue weighted by molar-refractivity contribution is 0.150. The summed E-state index contributed by atoms with van der Waals surface area (Å²) in [5.41, 5.74) is 2.75. The van der Waals surface area contributed by atoms with Crippen LogP contribution in [0.2, 0.25) is 0 Å². The van der Waals surface area contributed by atoms with Gasteiger partial charge in [0.1, 0.15) is 17.4 Å². The second kappa shape index (κ2) is 5.66. The van der Waals surface area contributed by atoms with E-state index >= 15 is 0 Å². The Bertz CT molecular complexity index is 776. The van der Waals surface area contributed by atoms with Crippen molar-refractivity contribution in [2.45, 2.75) is 32.9 Å². The van der Waals surface area contributed by atoms with Crippen LogP contribution in [0.15, 0.2) is 39.2 Å². The number of para-hydroxylation sites is 1. The van der Waals surface area contributed by atoms with E-state index in [4.69, 9.17) is 4.42 Å². The summed E-state index contributed by atoms with van der Waals surface area (Å²) in [5, 5.41) is 15.8. The number of hydrogen-bond donors (Lipinski definition) is 1. The number of nitrogens with zero attached hydrogens (tertiary/aromatic N) is 2. The highest BCUT2D eigenvalue weighted by Crippen LogP contribution is 2.30.